The van der Waals surface area contributed by atoms with Crippen LogP contribution in [-0.2, 0) is 0 Å². The number of nitrogens with zero attached hydrogens (tertiary/aromatic N) is 1. The Labute approximate surface area is 101 Å². The Morgan fingerprint density at radius 1 is 1.40 bits per heavy atom. The van der Waals surface area contributed by atoms with Gasteiger partial charge >= 0.3 is 0 Å². The van der Waals surface area contributed by atoms with Crippen LogP contribution in [0.15, 0.2) is 22.7 Å². The minimum atomic E-state index is 0.491. The fourth-order valence-corrected chi connectivity index (χ4v) is 2.00. The van der Waals surface area contributed by atoms with Crippen LogP contribution >= 0.6 is 27.5 Å². The summed E-state index contributed by atoms with van der Waals surface area (Å²) in [5.41, 5.74) is 1.95. The highest BCUT2D eigenvalue weighted by molar-refractivity contribution is 9.10. The van der Waals surface area contributed by atoms with Gasteiger partial charge in [-0.25, -0.2) is 4.98 Å². The largest absolute Gasteiger partial charge is 0.497 e. The van der Waals surface area contributed by atoms with Gasteiger partial charge < -0.3 is 4.74 Å². The van der Waals surface area contributed by atoms with Crippen molar-refractivity contribution in [2.24, 2.45) is 0 Å². The number of pyridine rings is 1. The average molecular weight is 287 g/mol. The van der Waals surface area contributed by atoms with Gasteiger partial charge in [-0.1, -0.05) is 11.6 Å². The maximum Gasteiger partial charge on any atom is 0.144 e. The lowest BCUT2D eigenvalue weighted by Crippen LogP contribution is -1.89. The molecule has 0 aliphatic heterocycles. The average Bonchev–Trinajstić information content (AvgIpc) is 2.26. The van der Waals surface area contributed by atoms with E-state index < -0.39 is 0 Å². The van der Waals surface area contributed by atoms with E-state index in [-0.39, 0.29) is 0 Å². The molecular formula is C11H9BrClNO. The topological polar surface area (TPSA) is 22.1 Å². The van der Waals surface area contributed by atoms with Gasteiger partial charge in [-0.3, -0.25) is 0 Å². The van der Waals surface area contributed by atoms with Crippen LogP contribution < -0.4 is 4.74 Å². The maximum absolute atomic E-state index is 5.98. The third-order valence-corrected chi connectivity index (χ3v) is 3.81. The molecule has 78 valence electrons. The van der Waals surface area contributed by atoms with Crippen molar-refractivity contribution in [2.75, 3.05) is 7.11 Å². The van der Waals surface area contributed by atoms with E-state index in [0.29, 0.717) is 5.15 Å². The van der Waals surface area contributed by atoms with Gasteiger partial charge in [0.05, 0.1) is 17.1 Å². The molecule has 0 saturated heterocycles. The summed E-state index contributed by atoms with van der Waals surface area (Å²) in [5, 5.41) is 1.54. The number of hydrogen-bond donors (Lipinski definition) is 0. The normalized spacial score (nSPS) is 10.7. The fraction of sp³-hybridized carbons (Fsp3) is 0.182. The van der Waals surface area contributed by atoms with Crippen molar-refractivity contribution in [3.05, 3.63) is 33.4 Å². The molecule has 0 saturated carbocycles. The highest BCUT2D eigenvalue weighted by Crippen LogP contribution is 2.31. The molecule has 0 bridgehead atoms. The minimum absolute atomic E-state index is 0.491. The number of aryl methyl sites for hydroxylation is 1. The summed E-state index contributed by atoms with van der Waals surface area (Å²) in [4.78, 5) is 4.27. The Kier molecular flexibility index (Phi) is 2.85. The molecule has 0 spiro atoms. The molecule has 0 unspecified atom stereocenters. The molecule has 0 amide bonds. The molecule has 0 radical (unpaired) electrons. The number of hydrogen-bond acceptors (Lipinski definition) is 2. The van der Waals surface area contributed by atoms with Crippen molar-refractivity contribution >= 4 is 38.4 Å². The van der Waals surface area contributed by atoms with Crippen molar-refractivity contribution in [2.45, 2.75) is 6.92 Å². The monoisotopic (exact) mass is 285 g/mol. The number of rotatable bonds is 1. The second kappa shape index (κ2) is 3.99. The van der Waals surface area contributed by atoms with E-state index in [1.54, 1.807) is 7.11 Å². The molecule has 0 fully saturated rings. The summed E-state index contributed by atoms with van der Waals surface area (Å²) in [7, 11) is 1.65. The summed E-state index contributed by atoms with van der Waals surface area (Å²) in [6.07, 6.45) is 0. The van der Waals surface area contributed by atoms with Crippen LogP contribution in [0.3, 0.4) is 0 Å². The van der Waals surface area contributed by atoms with Gasteiger partial charge in [0.15, 0.2) is 0 Å². The number of benzene rings is 1. The first-order valence-corrected chi connectivity index (χ1v) is 5.60. The van der Waals surface area contributed by atoms with E-state index in [4.69, 9.17) is 16.3 Å². The van der Waals surface area contributed by atoms with E-state index in [2.05, 4.69) is 20.9 Å². The smallest absolute Gasteiger partial charge is 0.144 e. The summed E-state index contributed by atoms with van der Waals surface area (Å²) in [6.45, 7) is 2.00. The molecule has 1 aromatic heterocycles. The fourth-order valence-electron chi connectivity index (χ4n) is 1.47. The first-order chi connectivity index (χ1) is 7.13. The molecule has 2 nitrogen and oxygen atoms in total. The first kappa shape index (κ1) is 10.7. The second-order valence-corrected chi connectivity index (χ2v) is 4.38. The summed E-state index contributed by atoms with van der Waals surface area (Å²) < 4.78 is 6.01. The Hall–Kier alpha value is -0.800. The summed E-state index contributed by atoms with van der Waals surface area (Å²) >= 11 is 9.39. The van der Waals surface area contributed by atoms with Crippen LogP contribution in [0.25, 0.3) is 10.9 Å². The van der Waals surface area contributed by atoms with Crippen molar-refractivity contribution in [1.29, 1.82) is 0 Å². The predicted molar refractivity (Wildman–Crippen MR) is 65.7 cm³/mol. The zero-order valence-electron chi connectivity index (χ0n) is 8.34. The van der Waals surface area contributed by atoms with Gasteiger partial charge in [-0.05, 0) is 46.6 Å². The molecule has 15 heavy (non-hydrogen) atoms. The van der Waals surface area contributed by atoms with Gasteiger partial charge in [0, 0.05) is 5.39 Å². The van der Waals surface area contributed by atoms with Crippen molar-refractivity contribution < 1.29 is 4.74 Å². The Bertz CT molecular complexity index is 527. The standard InChI is InChI=1S/C11H9BrClNO/c1-6-8-5-7(15-2)3-4-9(8)14-11(13)10(6)12/h3-5H,1-2H3. The van der Waals surface area contributed by atoms with Crippen molar-refractivity contribution in [1.82, 2.24) is 4.98 Å². The van der Waals surface area contributed by atoms with Crippen LogP contribution in [-0.4, -0.2) is 12.1 Å². The SMILES string of the molecule is COc1ccc2nc(Cl)c(Br)c(C)c2c1. The van der Waals surface area contributed by atoms with Crippen LogP contribution in [0.4, 0.5) is 0 Å². The maximum atomic E-state index is 5.98. The third kappa shape index (κ3) is 1.82. The molecule has 0 aliphatic carbocycles. The van der Waals surface area contributed by atoms with Gasteiger partial charge in [-0.15, -0.1) is 0 Å². The Morgan fingerprint density at radius 2 is 2.13 bits per heavy atom. The highest BCUT2D eigenvalue weighted by atomic mass is 79.9. The number of aromatic nitrogens is 1. The van der Waals surface area contributed by atoms with Gasteiger partial charge in [0.1, 0.15) is 10.9 Å². The van der Waals surface area contributed by atoms with E-state index in [1.165, 1.54) is 0 Å². The van der Waals surface area contributed by atoms with Crippen LogP contribution in [0.5, 0.6) is 5.75 Å². The summed E-state index contributed by atoms with van der Waals surface area (Å²) in [5.74, 6) is 0.821. The van der Waals surface area contributed by atoms with Gasteiger partial charge in [0.2, 0.25) is 0 Å². The molecule has 0 N–H and O–H groups in total. The number of fused-ring (bicyclic) bond motifs is 1. The zero-order chi connectivity index (χ0) is 11.0. The van der Waals surface area contributed by atoms with E-state index in [0.717, 1.165) is 26.7 Å². The lowest BCUT2D eigenvalue weighted by Gasteiger charge is -2.07. The molecule has 0 aliphatic rings. The number of methoxy groups -OCH3 is 1. The Morgan fingerprint density at radius 3 is 2.80 bits per heavy atom. The Balaban J connectivity index is 2.81. The molecule has 2 rings (SSSR count). The zero-order valence-corrected chi connectivity index (χ0v) is 10.7. The highest BCUT2D eigenvalue weighted by Gasteiger charge is 2.08. The lowest BCUT2D eigenvalue weighted by molar-refractivity contribution is 0.415. The molecule has 1 aromatic carbocycles. The van der Waals surface area contributed by atoms with Crippen LogP contribution in [0.1, 0.15) is 5.56 Å². The quantitative estimate of drug-likeness (QED) is 0.740. The van der Waals surface area contributed by atoms with E-state index in [9.17, 15) is 0 Å². The molecule has 0 atom stereocenters. The van der Waals surface area contributed by atoms with Crippen LogP contribution in [0.2, 0.25) is 5.15 Å². The third-order valence-electron chi connectivity index (χ3n) is 2.34. The van der Waals surface area contributed by atoms with E-state index >= 15 is 0 Å². The van der Waals surface area contributed by atoms with Crippen molar-refractivity contribution in [3.8, 4) is 5.75 Å². The molecular weight excluding hydrogens is 277 g/mol. The van der Waals surface area contributed by atoms with E-state index in [1.807, 2.05) is 25.1 Å². The first-order valence-electron chi connectivity index (χ1n) is 4.43. The number of ether oxygens (including phenoxy) is 1. The van der Waals surface area contributed by atoms with Crippen molar-refractivity contribution in [3.63, 3.8) is 0 Å². The lowest BCUT2D eigenvalue weighted by atomic mass is 10.1. The van der Waals surface area contributed by atoms with Crippen LogP contribution in [0, 0.1) is 6.92 Å². The minimum Gasteiger partial charge on any atom is -0.497 e. The molecule has 1 heterocycles. The predicted octanol–water partition coefficient (Wildman–Crippen LogP) is 3.97. The number of halogens is 2. The molecule has 2 aromatic rings. The van der Waals surface area contributed by atoms with Gasteiger partial charge in [-0.2, -0.15) is 0 Å². The summed E-state index contributed by atoms with van der Waals surface area (Å²) in [6, 6.07) is 5.73. The second-order valence-electron chi connectivity index (χ2n) is 3.22. The molecule has 4 heteroatoms. The van der Waals surface area contributed by atoms with Gasteiger partial charge in [0.25, 0.3) is 0 Å².